The molecule has 2 aliphatic rings. The van der Waals surface area contributed by atoms with Crippen LogP contribution in [0.15, 0.2) is 48.5 Å². The van der Waals surface area contributed by atoms with E-state index in [1.165, 1.54) is 115 Å². The van der Waals surface area contributed by atoms with Gasteiger partial charge in [-0.15, -0.1) is 24.8 Å². The lowest BCUT2D eigenvalue weighted by Gasteiger charge is -2.22. The first-order chi connectivity index (χ1) is 18.4. The van der Waals surface area contributed by atoms with E-state index in [-0.39, 0.29) is 24.8 Å². The Kier molecular flexibility index (Phi) is 10.7. The van der Waals surface area contributed by atoms with Crippen LogP contribution in [0.4, 0.5) is 11.4 Å². The van der Waals surface area contributed by atoms with Crippen molar-refractivity contribution in [2.24, 2.45) is 0 Å². The van der Waals surface area contributed by atoms with Gasteiger partial charge in [0.15, 0.2) is 0 Å². The molecule has 6 rings (SSSR count). The van der Waals surface area contributed by atoms with E-state index in [2.05, 4.69) is 59.2 Å². The number of pyridine rings is 2. The second-order valence-corrected chi connectivity index (χ2v) is 10.9. The highest BCUT2D eigenvalue weighted by molar-refractivity contribution is 5.94. The number of anilines is 2. The summed E-state index contributed by atoms with van der Waals surface area (Å²) in [6, 6.07) is 17.3. The Hall–Kier alpha value is -2.56. The summed E-state index contributed by atoms with van der Waals surface area (Å²) in [6.45, 7) is 2.10. The number of para-hydroxylation sites is 2. The van der Waals surface area contributed by atoms with E-state index in [0.29, 0.717) is 0 Å². The van der Waals surface area contributed by atoms with Crippen LogP contribution in [0.1, 0.15) is 80.3 Å². The number of nitrogens with zero attached hydrogens (tertiary/aromatic N) is 2. The number of nitrogens with one attached hydrogen (secondary N) is 2. The van der Waals surface area contributed by atoms with E-state index in [1.807, 2.05) is 0 Å². The maximum absolute atomic E-state index is 4.98. The van der Waals surface area contributed by atoms with Gasteiger partial charge in [0, 0.05) is 46.6 Å². The largest absolute Gasteiger partial charge is 0.384 e. The van der Waals surface area contributed by atoms with Crippen LogP contribution in [0.2, 0.25) is 0 Å². The van der Waals surface area contributed by atoms with Gasteiger partial charge in [0.2, 0.25) is 0 Å². The summed E-state index contributed by atoms with van der Waals surface area (Å²) in [5.41, 5.74) is 10.6. The van der Waals surface area contributed by atoms with Gasteiger partial charge >= 0.3 is 0 Å². The van der Waals surface area contributed by atoms with Crippen LogP contribution in [0, 0.1) is 0 Å². The van der Waals surface area contributed by atoms with E-state index in [0.717, 1.165) is 37.0 Å². The van der Waals surface area contributed by atoms with E-state index in [4.69, 9.17) is 9.97 Å². The number of aromatic nitrogens is 2. The maximum Gasteiger partial charge on any atom is 0.0726 e. The molecule has 0 saturated carbocycles. The maximum atomic E-state index is 4.98. The van der Waals surface area contributed by atoms with Crippen molar-refractivity contribution in [2.45, 2.75) is 83.5 Å². The number of fused-ring (bicyclic) bond motifs is 4. The smallest absolute Gasteiger partial charge is 0.0726 e. The summed E-state index contributed by atoms with van der Waals surface area (Å²) >= 11 is 0. The highest BCUT2D eigenvalue weighted by Crippen LogP contribution is 2.34. The van der Waals surface area contributed by atoms with Gasteiger partial charge in [-0.2, -0.15) is 0 Å². The molecule has 0 saturated heterocycles. The molecule has 0 unspecified atom stereocenters. The second kappa shape index (κ2) is 14.2. The molecule has 4 aromatic rings. The first-order valence-electron chi connectivity index (χ1n) is 14.7. The molecule has 0 aliphatic heterocycles. The normalized spacial score (nSPS) is 14.2. The molecule has 0 bridgehead atoms. The van der Waals surface area contributed by atoms with E-state index in [1.54, 1.807) is 0 Å². The SMILES string of the molecule is Cl.Cl.c1ccc2c(NCCCCCCCNc3c4c(nc5ccccc35)CCCC4)c3c(nc2c1)CCCC3. The molecular formula is C33H42Cl2N4. The molecular weight excluding hydrogens is 523 g/mol. The van der Waals surface area contributed by atoms with Crippen LogP contribution in [0.25, 0.3) is 21.8 Å². The molecule has 6 heteroatoms. The van der Waals surface area contributed by atoms with Gasteiger partial charge in [0.25, 0.3) is 0 Å². The zero-order valence-corrected chi connectivity index (χ0v) is 24.6. The number of benzene rings is 2. The van der Waals surface area contributed by atoms with Crippen LogP contribution in [0.5, 0.6) is 0 Å². The predicted octanol–water partition coefficient (Wildman–Crippen LogP) is 8.86. The Labute approximate surface area is 245 Å². The lowest BCUT2D eigenvalue weighted by atomic mass is 9.92. The summed E-state index contributed by atoms with van der Waals surface area (Å²) in [5.74, 6) is 0. The van der Waals surface area contributed by atoms with E-state index >= 15 is 0 Å². The van der Waals surface area contributed by atoms with Crippen molar-refractivity contribution in [2.75, 3.05) is 23.7 Å². The minimum atomic E-state index is 0. The molecule has 2 aromatic heterocycles. The van der Waals surface area contributed by atoms with E-state index < -0.39 is 0 Å². The summed E-state index contributed by atoms with van der Waals surface area (Å²) in [6.07, 6.45) is 16.0. The van der Waals surface area contributed by atoms with Crippen molar-refractivity contribution in [3.63, 3.8) is 0 Å². The molecule has 0 atom stereocenters. The molecule has 0 fully saturated rings. The Morgan fingerprint density at radius 3 is 1.41 bits per heavy atom. The van der Waals surface area contributed by atoms with Crippen LogP contribution in [-0.4, -0.2) is 23.1 Å². The lowest BCUT2D eigenvalue weighted by molar-refractivity contribution is 0.633. The van der Waals surface area contributed by atoms with Crippen LogP contribution in [-0.2, 0) is 25.7 Å². The zero-order chi connectivity index (χ0) is 24.9. The fourth-order valence-electron chi connectivity index (χ4n) is 6.36. The third kappa shape index (κ3) is 6.61. The Balaban J connectivity index is 0.00000176. The molecule has 2 heterocycles. The van der Waals surface area contributed by atoms with Crippen LogP contribution < -0.4 is 10.6 Å². The number of unbranched alkanes of at least 4 members (excludes halogenated alkanes) is 4. The number of rotatable bonds is 10. The number of halogens is 2. The molecule has 2 N–H and O–H groups in total. The van der Waals surface area contributed by atoms with Gasteiger partial charge < -0.3 is 10.6 Å². The van der Waals surface area contributed by atoms with Gasteiger partial charge in [0.1, 0.15) is 0 Å². The molecule has 39 heavy (non-hydrogen) atoms. The van der Waals surface area contributed by atoms with Crippen molar-refractivity contribution < 1.29 is 0 Å². The summed E-state index contributed by atoms with van der Waals surface area (Å²) in [4.78, 5) is 9.95. The highest BCUT2D eigenvalue weighted by Gasteiger charge is 2.19. The lowest BCUT2D eigenvalue weighted by Crippen LogP contribution is -2.12. The van der Waals surface area contributed by atoms with Crippen LogP contribution >= 0.6 is 24.8 Å². The predicted molar refractivity (Wildman–Crippen MR) is 171 cm³/mol. The highest BCUT2D eigenvalue weighted by atomic mass is 35.5. The van der Waals surface area contributed by atoms with Gasteiger partial charge in [-0.25, -0.2) is 0 Å². The van der Waals surface area contributed by atoms with E-state index in [9.17, 15) is 0 Å². The third-order valence-corrected chi connectivity index (χ3v) is 8.30. The number of hydrogen-bond donors (Lipinski definition) is 2. The molecule has 4 nitrogen and oxygen atoms in total. The Bertz CT molecular complexity index is 1280. The molecule has 0 spiro atoms. The summed E-state index contributed by atoms with van der Waals surface area (Å²) < 4.78 is 0. The first kappa shape index (κ1) is 29.4. The molecule has 0 amide bonds. The number of hydrogen-bond acceptors (Lipinski definition) is 4. The molecule has 208 valence electrons. The van der Waals surface area contributed by atoms with Gasteiger partial charge in [0.05, 0.1) is 11.0 Å². The second-order valence-electron chi connectivity index (χ2n) is 10.9. The fourth-order valence-corrected chi connectivity index (χ4v) is 6.36. The topological polar surface area (TPSA) is 49.8 Å². The zero-order valence-electron chi connectivity index (χ0n) is 22.9. The average molecular weight is 566 g/mol. The minimum absolute atomic E-state index is 0. The van der Waals surface area contributed by atoms with Crippen molar-refractivity contribution in [1.82, 2.24) is 9.97 Å². The van der Waals surface area contributed by atoms with Gasteiger partial charge in [-0.1, -0.05) is 55.7 Å². The monoisotopic (exact) mass is 564 g/mol. The molecule has 2 aromatic carbocycles. The average Bonchev–Trinajstić information content (AvgIpc) is 2.95. The molecule has 2 aliphatic carbocycles. The van der Waals surface area contributed by atoms with Crippen molar-refractivity contribution >= 4 is 58.0 Å². The molecule has 0 radical (unpaired) electrons. The fraction of sp³-hybridized carbons (Fsp3) is 0.455. The van der Waals surface area contributed by atoms with Gasteiger partial charge in [-0.3, -0.25) is 9.97 Å². The number of aryl methyl sites for hydroxylation is 2. The Morgan fingerprint density at radius 2 is 0.923 bits per heavy atom. The van der Waals surface area contributed by atoms with Crippen molar-refractivity contribution in [3.05, 3.63) is 71.0 Å². The first-order valence-corrected chi connectivity index (χ1v) is 14.7. The quantitative estimate of drug-likeness (QED) is 0.189. The third-order valence-electron chi connectivity index (χ3n) is 8.30. The standard InChI is InChI=1S/C33H40N4.2ClH/c1(2-12-22-34-32-24-14-4-8-18-28(24)36-29-19-9-5-15-25(29)32)3-13-23-35-33-26-16-6-10-20-30(26)37-31-21-11-7-17-27(31)33;;/h4,6,8,10,14,16,18,20H,1-3,5,7,9,11-13,15,17,19,21-23H2,(H,34,36)(H,35,37);2*1H. The van der Waals surface area contributed by atoms with Crippen LogP contribution in [0.3, 0.4) is 0 Å². The Morgan fingerprint density at radius 1 is 0.513 bits per heavy atom. The van der Waals surface area contributed by atoms with Crippen molar-refractivity contribution in [1.29, 1.82) is 0 Å². The minimum Gasteiger partial charge on any atom is -0.384 e. The summed E-state index contributed by atoms with van der Waals surface area (Å²) in [7, 11) is 0. The van der Waals surface area contributed by atoms with Crippen molar-refractivity contribution in [3.8, 4) is 0 Å². The summed E-state index contributed by atoms with van der Waals surface area (Å²) in [5, 5.41) is 10.2. The van der Waals surface area contributed by atoms with Gasteiger partial charge in [-0.05, 0) is 87.5 Å².